The largest absolute Gasteiger partial charge is 0.448 e. The van der Waals surface area contributed by atoms with Gasteiger partial charge in [-0.1, -0.05) is 0 Å². The fraction of sp³-hybridized carbons (Fsp3) is 0.600. The summed E-state index contributed by atoms with van der Waals surface area (Å²) in [5.41, 5.74) is 0.439. The summed E-state index contributed by atoms with van der Waals surface area (Å²) >= 11 is 0. The van der Waals surface area contributed by atoms with E-state index in [1.807, 2.05) is 0 Å². The first-order valence-electron chi connectivity index (χ1n) is 4.81. The maximum atomic E-state index is 11.0. The molecule has 0 spiro atoms. The van der Waals surface area contributed by atoms with Gasteiger partial charge in [0.05, 0.1) is 0 Å². The van der Waals surface area contributed by atoms with Crippen LogP contribution in [0, 0.1) is 0 Å². The number of carbonyl (C=O) groups is 1. The first kappa shape index (κ1) is 9.40. The van der Waals surface area contributed by atoms with Crippen molar-refractivity contribution in [3.8, 4) is 0 Å². The minimum atomic E-state index is -0.0358. The maximum Gasteiger partial charge on any atom is 0.199 e. The monoisotopic (exact) mass is 194 g/mol. The second-order valence-electron chi connectivity index (χ2n) is 3.88. The number of ketones is 1. The zero-order valence-electron chi connectivity index (χ0n) is 8.49. The van der Waals surface area contributed by atoms with E-state index in [0.717, 1.165) is 19.5 Å². The van der Waals surface area contributed by atoms with Crippen LogP contribution in [0.4, 0.5) is 0 Å². The molecule has 1 aliphatic rings. The van der Waals surface area contributed by atoms with Crippen LogP contribution in [0.1, 0.15) is 35.6 Å². The lowest BCUT2D eigenvalue weighted by Gasteiger charge is -2.05. The van der Waals surface area contributed by atoms with Gasteiger partial charge in [0.2, 0.25) is 0 Å². The average molecular weight is 194 g/mol. The van der Waals surface area contributed by atoms with Gasteiger partial charge in [0, 0.05) is 19.4 Å². The number of hydrogen-bond acceptors (Lipinski definition) is 4. The summed E-state index contributed by atoms with van der Waals surface area (Å²) in [6.07, 6.45) is 2.52. The molecule has 14 heavy (non-hydrogen) atoms. The summed E-state index contributed by atoms with van der Waals surface area (Å²) in [6, 6.07) is 0. The van der Waals surface area contributed by atoms with Gasteiger partial charge in [0.25, 0.3) is 0 Å². The number of oxazole rings is 1. The summed E-state index contributed by atoms with van der Waals surface area (Å²) in [7, 11) is 2.08. The van der Waals surface area contributed by atoms with Crippen molar-refractivity contribution in [1.29, 1.82) is 0 Å². The van der Waals surface area contributed by atoms with Crippen molar-refractivity contribution in [3.05, 3.63) is 17.8 Å². The van der Waals surface area contributed by atoms with Crippen LogP contribution >= 0.6 is 0 Å². The number of aromatic nitrogens is 1. The van der Waals surface area contributed by atoms with Crippen LogP contribution in [0.15, 0.2) is 10.7 Å². The normalized spacial score (nSPS) is 22.9. The highest BCUT2D eigenvalue weighted by atomic mass is 16.3. The Morgan fingerprint density at radius 2 is 2.50 bits per heavy atom. The summed E-state index contributed by atoms with van der Waals surface area (Å²) < 4.78 is 5.30. The minimum absolute atomic E-state index is 0.0358. The molecule has 0 bridgehead atoms. The number of rotatable bonds is 2. The number of carbonyl (C=O) groups excluding carboxylic acids is 1. The number of hydrogen-bond donors (Lipinski definition) is 0. The van der Waals surface area contributed by atoms with Gasteiger partial charge >= 0.3 is 0 Å². The molecule has 0 N–H and O–H groups in total. The van der Waals surface area contributed by atoms with E-state index in [4.69, 9.17) is 4.42 Å². The highest BCUT2D eigenvalue weighted by Gasteiger charge is 2.25. The van der Waals surface area contributed by atoms with Gasteiger partial charge in [-0.15, -0.1) is 0 Å². The first-order valence-corrected chi connectivity index (χ1v) is 4.81. The van der Waals surface area contributed by atoms with Crippen LogP contribution in [0.2, 0.25) is 0 Å². The molecule has 2 heterocycles. The summed E-state index contributed by atoms with van der Waals surface area (Å²) in [4.78, 5) is 17.4. The fourth-order valence-corrected chi connectivity index (χ4v) is 1.77. The molecule has 0 aromatic carbocycles. The van der Waals surface area contributed by atoms with Crippen molar-refractivity contribution in [3.63, 3.8) is 0 Å². The molecule has 76 valence electrons. The lowest BCUT2D eigenvalue weighted by molar-refractivity contribution is 0.101. The summed E-state index contributed by atoms with van der Waals surface area (Å²) in [5.74, 6) is 1.03. The molecule has 0 radical (unpaired) electrons. The Bertz CT molecular complexity index is 346. The van der Waals surface area contributed by atoms with Crippen molar-refractivity contribution < 1.29 is 9.21 Å². The molecule has 1 saturated heterocycles. The predicted octanol–water partition coefficient (Wildman–Crippen LogP) is 1.30. The highest BCUT2D eigenvalue weighted by Crippen LogP contribution is 2.25. The van der Waals surface area contributed by atoms with Crippen LogP contribution in [-0.2, 0) is 0 Å². The summed E-state index contributed by atoms with van der Waals surface area (Å²) in [5, 5.41) is 0. The Morgan fingerprint density at radius 1 is 1.71 bits per heavy atom. The molecule has 1 aliphatic heterocycles. The van der Waals surface area contributed by atoms with Crippen LogP contribution in [0.3, 0.4) is 0 Å². The van der Waals surface area contributed by atoms with E-state index in [9.17, 15) is 4.79 Å². The van der Waals surface area contributed by atoms with E-state index in [1.54, 1.807) is 0 Å². The van der Waals surface area contributed by atoms with Crippen LogP contribution < -0.4 is 0 Å². The molecule has 1 fully saturated rings. The second kappa shape index (κ2) is 3.53. The Balaban J connectivity index is 2.13. The van der Waals surface area contributed by atoms with Crippen LogP contribution in [-0.4, -0.2) is 35.8 Å². The molecular formula is C10H14N2O2. The van der Waals surface area contributed by atoms with E-state index in [-0.39, 0.29) is 5.78 Å². The number of likely N-dealkylation sites (N-methyl/N-ethyl adjacent to an activating group) is 1. The third-order valence-electron chi connectivity index (χ3n) is 2.62. The van der Waals surface area contributed by atoms with E-state index in [1.165, 1.54) is 13.2 Å². The van der Waals surface area contributed by atoms with Gasteiger partial charge in [0.15, 0.2) is 11.7 Å². The zero-order chi connectivity index (χ0) is 10.1. The standard InChI is InChI=1S/C10H14N2O2/c1-7(13)9-6-14-10(11-9)8-3-4-12(2)5-8/h6,8H,3-5H2,1-2H3. The molecule has 1 atom stereocenters. The van der Waals surface area contributed by atoms with Gasteiger partial charge < -0.3 is 9.32 Å². The number of Topliss-reactive ketones (excluding diaryl/α,β-unsaturated/α-hetero) is 1. The molecule has 0 aliphatic carbocycles. The molecule has 4 heteroatoms. The average Bonchev–Trinajstić information content (AvgIpc) is 2.70. The Kier molecular flexibility index (Phi) is 2.37. The van der Waals surface area contributed by atoms with E-state index in [2.05, 4.69) is 16.9 Å². The van der Waals surface area contributed by atoms with Crippen molar-refractivity contribution in [2.45, 2.75) is 19.3 Å². The van der Waals surface area contributed by atoms with Crippen LogP contribution in [0.5, 0.6) is 0 Å². The number of nitrogens with zero attached hydrogens (tertiary/aromatic N) is 2. The van der Waals surface area contributed by atoms with Gasteiger partial charge in [-0.2, -0.15) is 0 Å². The lowest BCUT2D eigenvalue weighted by atomic mass is 10.1. The van der Waals surface area contributed by atoms with Crippen LogP contribution in [0.25, 0.3) is 0 Å². The SMILES string of the molecule is CC(=O)c1coc(C2CCN(C)C2)n1. The fourth-order valence-electron chi connectivity index (χ4n) is 1.77. The molecule has 0 amide bonds. The third kappa shape index (κ3) is 1.70. The van der Waals surface area contributed by atoms with Crippen molar-refractivity contribution in [1.82, 2.24) is 9.88 Å². The van der Waals surface area contributed by atoms with E-state index >= 15 is 0 Å². The summed E-state index contributed by atoms with van der Waals surface area (Å²) in [6.45, 7) is 3.54. The van der Waals surface area contributed by atoms with E-state index in [0.29, 0.717) is 17.5 Å². The topological polar surface area (TPSA) is 46.3 Å². The molecule has 4 nitrogen and oxygen atoms in total. The van der Waals surface area contributed by atoms with Gasteiger partial charge in [-0.05, 0) is 20.0 Å². The Hall–Kier alpha value is -1.16. The van der Waals surface area contributed by atoms with Crippen molar-refractivity contribution in [2.75, 3.05) is 20.1 Å². The molecule has 0 saturated carbocycles. The van der Waals surface area contributed by atoms with Gasteiger partial charge in [0.1, 0.15) is 12.0 Å². The molecule has 1 aromatic heterocycles. The van der Waals surface area contributed by atoms with Crippen molar-refractivity contribution in [2.24, 2.45) is 0 Å². The van der Waals surface area contributed by atoms with Gasteiger partial charge in [-0.3, -0.25) is 4.79 Å². The van der Waals surface area contributed by atoms with Gasteiger partial charge in [-0.25, -0.2) is 4.98 Å². The Labute approximate surface area is 82.9 Å². The minimum Gasteiger partial charge on any atom is -0.448 e. The third-order valence-corrected chi connectivity index (χ3v) is 2.62. The molecular weight excluding hydrogens is 180 g/mol. The maximum absolute atomic E-state index is 11.0. The molecule has 2 rings (SSSR count). The second-order valence-corrected chi connectivity index (χ2v) is 3.88. The first-order chi connectivity index (χ1) is 6.66. The quantitative estimate of drug-likeness (QED) is 0.666. The smallest absolute Gasteiger partial charge is 0.199 e. The predicted molar refractivity (Wildman–Crippen MR) is 51.4 cm³/mol. The lowest BCUT2D eigenvalue weighted by Crippen LogP contribution is -2.13. The molecule has 1 aromatic rings. The zero-order valence-corrected chi connectivity index (χ0v) is 8.49. The highest BCUT2D eigenvalue weighted by molar-refractivity contribution is 5.91. The molecule has 1 unspecified atom stereocenters. The van der Waals surface area contributed by atoms with E-state index < -0.39 is 0 Å². The Morgan fingerprint density at radius 3 is 3.00 bits per heavy atom. The number of likely N-dealkylation sites (tertiary alicyclic amines) is 1. The van der Waals surface area contributed by atoms with Crippen molar-refractivity contribution >= 4 is 5.78 Å².